The monoisotopic (exact) mass is 742 g/mol. The molecule has 2 saturated carbocycles. The van der Waals surface area contributed by atoms with Crippen molar-refractivity contribution in [1.82, 2.24) is 10.0 Å². The first-order valence-electron chi connectivity index (χ1n) is 13.8. The largest absolute Gasteiger partial charge is 0.497 e. The fraction of sp³-hybridized carbons (Fsp3) is 0.281. The Morgan fingerprint density at radius 2 is 1.50 bits per heavy atom. The summed E-state index contributed by atoms with van der Waals surface area (Å²) in [6.07, 6.45) is 0.721. The van der Waals surface area contributed by atoms with Crippen molar-refractivity contribution in [3.63, 3.8) is 0 Å². The minimum Gasteiger partial charge on any atom is -0.497 e. The molecule has 9 nitrogen and oxygen atoms in total. The summed E-state index contributed by atoms with van der Waals surface area (Å²) >= 11 is 13.7. The van der Waals surface area contributed by atoms with Crippen molar-refractivity contribution in [1.29, 1.82) is 0 Å². The van der Waals surface area contributed by atoms with E-state index in [1.54, 1.807) is 36.4 Å². The van der Waals surface area contributed by atoms with Crippen LogP contribution < -0.4 is 9.47 Å². The number of methoxy groups -OCH3 is 1. The quantitative estimate of drug-likeness (QED) is 0.0974. The van der Waals surface area contributed by atoms with Gasteiger partial charge in [0.2, 0.25) is 0 Å². The first-order chi connectivity index (χ1) is 21.1. The van der Waals surface area contributed by atoms with E-state index >= 15 is 0 Å². The SMILES string of the molecule is COc1cccc(C(=O)Oc2ccc(C(=O)CN(C(=O)c3ccccc3Cl)N3C(=O)[C@@H]4[C@H]5C[C@@H]([C@H](Br)[C@H]5Br)[C@@H]4C3=O)cc2)c1. The normalized spacial score (nSPS) is 25.1. The maximum absolute atomic E-state index is 13.9. The van der Waals surface area contributed by atoms with Crippen molar-refractivity contribution in [3.8, 4) is 11.5 Å². The molecule has 3 amide bonds. The van der Waals surface area contributed by atoms with E-state index < -0.39 is 47.9 Å². The molecule has 0 spiro atoms. The third kappa shape index (κ3) is 5.24. The number of ether oxygens (including phenoxy) is 2. The Hall–Kier alpha value is -3.54. The molecule has 0 unspecified atom stereocenters. The van der Waals surface area contributed by atoms with Gasteiger partial charge in [0.15, 0.2) is 5.78 Å². The van der Waals surface area contributed by atoms with E-state index in [2.05, 4.69) is 31.9 Å². The minimum atomic E-state index is -0.743. The minimum absolute atomic E-state index is 0.0105. The van der Waals surface area contributed by atoms with Gasteiger partial charge in [0.25, 0.3) is 17.7 Å². The number of hydrazine groups is 1. The van der Waals surface area contributed by atoms with Crippen LogP contribution in [0.2, 0.25) is 5.02 Å². The van der Waals surface area contributed by atoms with Crippen molar-refractivity contribution < 1.29 is 33.4 Å². The number of carbonyl (C=O) groups is 5. The van der Waals surface area contributed by atoms with Gasteiger partial charge < -0.3 is 9.47 Å². The second kappa shape index (κ2) is 12.1. The Bertz CT molecular complexity index is 1650. The lowest BCUT2D eigenvalue weighted by molar-refractivity contribution is -0.154. The molecule has 0 radical (unpaired) electrons. The summed E-state index contributed by atoms with van der Waals surface area (Å²) < 4.78 is 10.6. The van der Waals surface area contributed by atoms with E-state index in [4.69, 9.17) is 21.1 Å². The van der Waals surface area contributed by atoms with Crippen LogP contribution >= 0.6 is 43.5 Å². The van der Waals surface area contributed by atoms with Crippen LogP contribution in [0.3, 0.4) is 0 Å². The number of rotatable bonds is 8. The predicted molar refractivity (Wildman–Crippen MR) is 167 cm³/mol. The number of carbonyl (C=O) groups excluding carboxylic acids is 5. The number of ketones is 1. The molecule has 1 heterocycles. The molecule has 1 saturated heterocycles. The highest BCUT2D eigenvalue weighted by Gasteiger charge is 2.67. The van der Waals surface area contributed by atoms with Gasteiger partial charge in [-0.15, -0.1) is 0 Å². The smallest absolute Gasteiger partial charge is 0.343 e. The summed E-state index contributed by atoms with van der Waals surface area (Å²) in [6, 6.07) is 18.6. The van der Waals surface area contributed by atoms with Crippen LogP contribution in [0.25, 0.3) is 0 Å². The fourth-order valence-corrected chi connectivity index (χ4v) is 8.52. The van der Waals surface area contributed by atoms with Crippen molar-refractivity contribution in [2.75, 3.05) is 13.7 Å². The average Bonchev–Trinajstić information content (AvgIpc) is 3.64. The molecule has 12 heteroatoms. The zero-order valence-electron chi connectivity index (χ0n) is 23.2. The highest BCUT2D eigenvalue weighted by molar-refractivity contribution is 9.12. The van der Waals surface area contributed by atoms with E-state index in [1.165, 1.54) is 43.5 Å². The number of esters is 1. The summed E-state index contributed by atoms with van der Waals surface area (Å²) in [5, 5.41) is 1.89. The predicted octanol–water partition coefficient (Wildman–Crippen LogP) is 5.59. The molecule has 3 fully saturated rings. The summed E-state index contributed by atoms with van der Waals surface area (Å²) in [7, 11) is 1.49. The van der Waals surface area contributed by atoms with Crippen molar-refractivity contribution in [2.24, 2.45) is 23.7 Å². The second-order valence-corrected chi connectivity index (χ2v) is 13.4. The van der Waals surface area contributed by atoms with Crippen molar-refractivity contribution in [2.45, 2.75) is 16.1 Å². The van der Waals surface area contributed by atoms with E-state index in [-0.39, 0.29) is 49.0 Å². The van der Waals surface area contributed by atoms with Gasteiger partial charge in [0.1, 0.15) is 18.0 Å². The lowest BCUT2D eigenvalue weighted by atomic mass is 9.81. The zero-order valence-corrected chi connectivity index (χ0v) is 27.1. The van der Waals surface area contributed by atoms with Crippen LogP contribution in [0.1, 0.15) is 37.5 Å². The van der Waals surface area contributed by atoms with Crippen molar-refractivity contribution in [3.05, 3.63) is 94.5 Å². The molecule has 226 valence electrons. The highest BCUT2D eigenvalue weighted by Crippen LogP contribution is 2.60. The van der Waals surface area contributed by atoms with E-state index in [1.807, 2.05) is 0 Å². The molecule has 1 aliphatic heterocycles. The molecule has 0 aromatic heterocycles. The maximum atomic E-state index is 13.9. The lowest BCUT2D eigenvalue weighted by Crippen LogP contribution is -2.52. The third-order valence-corrected chi connectivity index (χ3v) is 12.1. The molecule has 0 N–H and O–H groups in total. The topological polar surface area (TPSA) is 110 Å². The summed E-state index contributed by atoms with van der Waals surface area (Å²) in [6.45, 7) is -0.589. The zero-order chi connectivity index (χ0) is 31.3. The van der Waals surface area contributed by atoms with Crippen LogP contribution in [-0.4, -0.2) is 62.8 Å². The van der Waals surface area contributed by atoms with E-state index in [0.29, 0.717) is 5.75 Å². The lowest BCUT2D eigenvalue weighted by Gasteiger charge is -2.31. The van der Waals surface area contributed by atoms with Crippen LogP contribution in [0.4, 0.5) is 0 Å². The molecule has 2 aliphatic carbocycles. The third-order valence-electron chi connectivity index (χ3n) is 8.53. The van der Waals surface area contributed by atoms with Gasteiger partial charge in [-0.3, -0.25) is 19.2 Å². The summed E-state index contributed by atoms with van der Waals surface area (Å²) in [5.41, 5.74) is 0.525. The number of hydrogen-bond donors (Lipinski definition) is 0. The van der Waals surface area contributed by atoms with Gasteiger partial charge in [-0.05, 0) is 72.9 Å². The Balaban J connectivity index is 1.24. The maximum Gasteiger partial charge on any atom is 0.343 e. The summed E-state index contributed by atoms with van der Waals surface area (Å²) in [5.74, 6) is -3.49. The number of imide groups is 1. The van der Waals surface area contributed by atoms with Crippen LogP contribution in [0.15, 0.2) is 72.8 Å². The number of hydrogen-bond acceptors (Lipinski definition) is 7. The number of fused-ring (bicyclic) bond motifs is 5. The number of amides is 3. The number of nitrogens with zero attached hydrogens (tertiary/aromatic N) is 2. The number of alkyl halides is 2. The Morgan fingerprint density at radius 3 is 2.11 bits per heavy atom. The molecule has 44 heavy (non-hydrogen) atoms. The molecular weight excluding hydrogens is 720 g/mol. The highest BCUT2D eigenvalue weighted by atomic mass is 79.9. The Labute approximate surface area is 274 Å². The van der Waals surface area contributed by atoms with Gasteiger partial charge >= 0.3 is 5.97 Å². The van der Waals surface area contributed by atoms with Gasteiger partial charge in [0, 0.05) is 15.2 Å². The molecule has 3 aromatic rings. The standard InChI is InChI=1S/C32H25Br2ClN2O7/c1-43-19-6-4-5-17(13-19)32(42)44-18-11-9-16(10-12-18)24(38)15-36(29(39)20-7-2-3-8-23(20)35)37-30(40)25-21-14-22(26(25)31(37)41)28(34)27(21)33/h2-13,21-22,25-28H,14-15H2,1H3/t21-,22-,25-,26+,27+,28+/m1/s1. The van der Waals surface area contributed by atoms with Gasteiger partial charge in [-0.25, -0.2) is 9.80 Å². The van der Waals surface area contributed by atoms with Crippen molar-refractivity contribution >= 4 is 72.9 Å². The fourth-order valence-electron chi connectivity index (χ4n) is 6.43. The molecular formula is C32H25Br2ClN2O7. The number of Topliss-reactive ketones (excluding diaryl/α,β-unsaturated/α-hetero) is 1. The molecule has 6 atom stereocenters. The van der Waals surface area contributed by atoms with Crippen LogP contribution in [0, 0.1) is 23.7 Å². The average molecular weight is 745 g/mol. The van der Waals surface area contributed by atoms with Gasteiger partial charge in [-0.2, -0.15) is 5.01 Å². The first-order valence-corrected chi connectivity index (χ1v) is 16.0. The summed E-state index contributed by atoms with van der Waals surface area (Å²) in [4.78, 5) is 67.6. The molecule has 6 rings (SSSR count). The van der Waals surface area contributed by atoms with Crippen LogP contribution in [0.5, 0.6) is 11.5 Å². The van der Waals surface area contributed by atoms with Gasteiger partial charge in [-0.1, -0.05) is 61.7 Å². The Morgan fingerprint density at radius 1 is 0.864 bits per heavy atom. The second-order valence-electron chi connectivity index (χ2n) is 10.9. The first kappa shape index (κ1) is 30.5. The molecule has 3 aliphatic rings. The van der Waals surface area contributed by atoms with Gasteiger partial charge in [0.05, 0.1) is 35.1 Å². The molecule has 2 bridgehead atoms. The Kier molecular flexibility index (Phi) is 8.38. The van der Waals surface area contributed by atoms with E-state index in [9.17, 15) is 24.0 Å². The number of benzene rings is 3. The molecule has 3 aromatic carbocycles. The van der Waals surface area contributed by atoms with Crippen LogP contribution in [-0.2, 0) is 9.59 Å². The number of halogens is 3. The van der Waals surface area contributed by atoms with E-state index in [0.717, 1.165) is 16.4 Å².